The molecule has 3 nitrogen and oxygen atoms in total. The second-order valence-corrected chi connectivity index (χ2v) is 6.14. The fraction of sp³-hybridized carbons (Fsp3) is 0.444. The van der Waals surface area contributed by atoms with E-state index in [0.717, 1.165) is 30.4 Å². The first-order chi connectivity index (χ1) is 10.4. The maximum Gasteiger partial charge on any atom is 0.162 e. The third-order valence-electron chi connectivity index (χ3n) is 4.64. The molecule has 108 valence electrons. The standard InChI is InChI=1S/C18H21N3/c1-19-17-15-8-4-5-9-16(15)20-18(21-17)14-7-3-2-6-13(14)12-10-11-12/h2-3,6-7,12H,4-5,8-11H2,1H3,(H,19,20,21). The van der Waals surface area contributed by atoms with Crippen LogP contribution in [0.15, 0.2) is 24.3 Å². The van der Waals surface area contributed by atoms with Gasteiger partial charge in [0, 0.05) is 23.9 Å². The van der Waals surface area contributed by atoms with E-state index in [4.69, 9.17) is 9.97 Å². The van der Waals surface area contributed by atoms with E-state index in [9.17, 15) is 0 Å². The Hall–Kier alpha value is -1.90. The third kappa shape index (κ3) is 2.31. The lowest BCUT2D eigenvalue weighted by molar-refractivity contribution is 0.665. The highest BCUT2D eigenvalue weighted by molar-refractivity contribution is 5.65. The number of aromatic nitrogens is 2. The number of benzene rings is 1. The number of aryl methyl sites for hydroxylation is 1. The molecule has 0 unspecified atom stereocenters. The summed E-state index contributed by atoms with van der Waals surface area (Å²) in [6, 6.07) is 8.66. The molecule has 4 rings (SSSR count). The molecule has 0 bridgehead atoms. The molecule has 1 saturated carbocycles. The van der Waals surface area contributed by atoms with Crippen LogP contribution in [0.5, 0.6) is 0 Å². The fourth-order valence-electron chi connectivity index (χ4n) is 3.37. The molecule has 3 heteroatoms. The van der Waals surface area contributed by atoms with Gasteiger partial charge in [0.1, 0.15) is 5.82 Å². The quantitative estimate of drug-likeness (QED) is 0.924. The Balaban J connectivity index is 1.85. The van der Waals surface area contributed by atoms with E-state index in [2.05, 4.69) is 29.6 Å². The molecule has 1 heterocycles. The molecule has 0 aliphatic heterocycles. The van der Waals surface area contributed by atoms with Gasteiger partial charge in [-0.25, -0.2) is 9.97 Å². The van der Waals surface area contributed by atoms with Crippen molar-refractivity contribution in [3.05, 3.63) is 41.1 Å². The molecule has 21 heavy (non-hydrogen) atoms. The summed E-state index contributed by atoms with van der Waals surface area (Å²) in [6.07, 6.45) is 7.31. The second kappa shape index (κ2) is 5.14. The van der Waals surface area contributed by atoms with Crippen molar-refractivity contribution in [3.63, 3.8) is 0 Å². The average molecular weight is 279 g/mol. The Morgan fingerprint density at radius 3 is 2.67 bits per heavy atom. The number of rotatable bonds is 3. The number of hydrogen-bond acceptors (Lipinski definition) is 3. The minimum atomic E-state index is 0.721. The minimum Gasteiger partial charge on any atom is -0.373 e. The van der Waals surface area contributed by atoms with Crippen LogP contribution in [0.25, 0.3) is 11.4 Å². The van der Waals surface area contributed by atoms with E-state index in [1.54, 1.807) is 0 Å². The maximum absolute atomic E-state index is 4.91. The Bertz CT molecular complexity index is 657. The van der Waals surface area contributed by atoms with Gasteiger partial charge < -0.3 is 5.32 Å². The molecule has 0 saturated heterocycles. The minimum absolute atomic E-state index is 0.721. The van der Waals surface area contributed by atoms with Crippen molar-refractivity contribution in [1.29, 1.82) is 0 Å². The van der Waals surface area contributed by atoms with E-state index in [0.29, 0.717) is 0 Å². The predicted octanol–water partition coefficient (Wildman–Crippen LogP) is 3.94. The van der Waals surface area contributed by atoms with Gasteiger partial charge in [0.05, 0.1) is 0 Å². The normalized spacial score (nSPS) is 17.4. The van der Waals surface area contributed by atoms with Crippen LogP contribution in [0.4, 0.5) is 5.82 Å². The van der Waals surface area contributed by atoms with Crippen LogP contribution in [0.2, 0.25) is 0 Å². The van der Waals surface area contributed by atoms with Crippen molar-refractivity contribution in [2.75, 3.05) is 12.4 Å². The van der Waals surface area contributed by atoms with Crippen LogP contribution in [-0.2, 0) is 12.8 Å². The zero-order valence-electron chi connectivity index (χ0n) is 12.5. The van der Waals surface area contributed by atoms with Gasteiger partial charge in [-0.1, -0.05) is 24.3 Å². The Morgan fingerprint density at radius 1 is 1.05 bits per heavy atom. The number of nitrogens with one attached hydrogen (secondary N) is 1. The highest BCUT2D eigenvalue weighted by atomic mass is 15.0. The third-order valence-corrected chi connectivity index (χ3v) is 4.64. The number of anilines is 1. The molecule has 0 radical (unpaired) electrons. The van der Waals surface area contributed by atoms with Gasteiger partial charge in [-0.05, 0) is 50.0 Å². The maximum atomic E-state index is 4.91. The molecule has 2 aliphatic rings. The molecule has 1 fully saturated rings. The Morgan fingerprint density at radius 2 is 1.86 bits per heavy atom. The Labute approximate surface area is 125 Å². The van der Waals surface area contributed by atoms with E-state index in [1.807, 2.05) is 7.05 Å². The van der Waals surface area contributed by atoms with Crippen LogP contribution in [0.1, 0.15) is 48.4 Å². The summed E-state index contributed by atoms with van der Waals surface area (Å²) in [5.41, 5.74) is 5.23. The first-order valence-corrected chi connectivity index (χ1v) is 8.03. The molecule has 1 aromatic carbocycles. The summed E-state index contributed by atoms with van der Waals surface area (Å²) in [7, 11) is 1.97. The van der Waals surface area contributed by atoms with Crippen molar-refractivity contribution in [1.82, 2.24) is 9.97 Å². The summed E-state index contributed by atoms with van der Waals surface area (Å²) in [4.78, 5) is 9.74. The number of nitrogens with zero attached hydrogens (tertiary/aromatic N) is 2. The number of fused-ring (bicyclic) bond motifs is 1. The molecule has 2 aromatic rings. The zero-order valence-corrected chi connectivity index (χ0v) is 12.5. The fourth-order valence-corrected chi connectivity index (χ4v) is 3.37. The number of hydrogen-bond donors (Lipinski definition) is 1. The lowest BCUT2D eigenvalue weighted by atomic mass is 9.95. The lowest BCUT2D eigenvalue weighted by Gasteiger charge is -2.19. The van der Waals surface area contributed by atoms with Crippen molar-refractivity contribution in [2.24, 2.45) is 0 Å². The molecule has 1 aromatic heterocycles. The van der Waals surface area contributed by atoms with E-state index >= 15 is 0 Å². The van der Waals surface area contributed by atoms with Gasteiger partial charge in [-0.3, -0.25) is 0 Å². The Kier molecular flexibility index (Phi) is 3.13. The van der Waals surface area contributed by atoms with Gasteiger partial charge in [0.15, 0.2) is 5.82 Å². The van der Waals surface area contributed by atoms with Crippen LogP contribution in [0.3, 0.4) is 0 Å². The van der Waals surface area contributed by atoms with Gasteiger partial charge in [0.2, 0.25) is 0 Å². The molecule has 0 spiro atoms. The van der Waals surface area contributed by atoms with Crippen LogP contribution >= 0.6 is 0 Å². The van der Waals surface area contributed by atoms with Crippen LogP contribution < -0.4 is 5.32 Å². The van der Waals surface area contributed by atoms with Gasteiger partial charge in [-0.15, -0.1) is 0 Å². The molecular weight excluding hydrogens is 258 g/mol. The van der Waals surface area contributed by atoms with E-state index in [1.165, 1.54) is 48.1 Å². The topological polar surface area (TPSA) is 37.8 Å². The smallest absolute Gasteiger partial charge is 0.162 e. The average Bonchev–Trinajstić information content (AvgIpc) is 3.38. The molecule has 1 N–H and O–H groups in total. The SMILES string of the molecule is CNc1nc(-c2ccccc2C2CC2)nc2c1CCCC2. The molecule has 0 amide bonds. The van der Waals surface area contributed by atoms with Crippen LogP contribution in [-0.4, -0.2) is 17.0 Å². The molecule has 2 aliphatic carbocycles. The second-order valence-electron chi connectivity index (χ2n) is 6.14. The predicted molar refractivity (Wildman–Crippen MR) is 85.6 cm³/mol. The summed E-state index contributed by atoms with van der Waals surface area (Å²) < 4.78 is 0. The zero-order chi connectivity index (χ0) is 14.2. The largest absolute Gasteiger partial charge is 0.373 e. The summed E-state index contributed by atoms with van der Waals surface area (Å²) in [6.45, 7) is 0. The monoisotopic (exact) mass is 279 g/mol. The highest BCUT2D eigenvalue weighted by Crippen LogP contribution is 2.44. The van der Waals surface area contributed by atoms with E-state index in [-0.39, 0.29) is 0 Å². The lowest BCUT2D eigenvalue weighted by Crippen LogP contribution is -2.12. The van der Waals surface area contributed by atoms with Gasteiger partial charge in [-0.2, -0.15) is 0 Å². The van der Waals surface area contributed by atoms with Crippen molar-refractivity contribution in [3.8, 4) is 11.4 Å². The van der Waals surface area contributed by atoms with Crippen molar-refractivity contribution < 1.29 is 0 Å². The van der Waals surface area contributed by atoms with Crippen LogP contribution in [0, 0.1) is 0 Å². The summed E-state index contributed by atoms with van der Waals surface area (Å²) in [5.74, 6) is 2.65. The van der Waals surface area contributed by atoms with Crippen molar-refractivity contribution in [2.45, 2.75) is 44.4 Å². The van der Waals surface area contributed by atoms with Crippen molar-refractivity contribution >= 4 is 5.82 Å². The van der Waals surface area contributed by atoms with E-state index < -0.39 is 0 Å². The summed E-state index contributed by atoms with van der Waals surface area (Å²) >= 11 is 0. The van der Waals surface area contributed by atoms with Gasteiger partial charge in [0.25, 0.3) is 0 Å². The first-order valence-electron chi connectivity index (χ1n) is 8.03. The van der Waals surface area contributed by atoms with Gasteiger partial charge >= 0.3 is 0 Å². The molecular formula is C18H21N3. The summed E-state index contributed by atoms with van der Waals surface area (Å²) in [5, 5.41) is 3.28. The first kappa shape index (κ1) is 12.8. The highest BCUT2D eigenvalue weighted by Gasteiger charge is 2.27. The molecule has 0 atom stereocenters.